The number of halogens is 3. The average molecular weight is 492 g/mol. The molecule has 0 saturated heterocycles. The molecule has 1 N–H and O–H groups in total. The molecule has 180 valence electrons. The van der Waals surface area contributed by atoms with Crippen LogP contribution in [0.5, 0.6) is 5.75 Å². The molecule has 34 heavy (non-hydrogen) atoms. The van der Waals surface area contributed by atoms with Crippen LogP contribution in [0.2, 0.25) is 0 Å². The highest BCUT2D eigenvalue weighted by molar-refractivity contribution is 7.15. The molecule has 0 bridgehead atoms. The van der Waals surface area contributed by atoms with Crippen LogP contribution < -0.4 is 4.74 Å². The van der Waals surface area contributed by atoms with E-state index >= 15 is 0 Å². The van der Waals surface area contributed by atoms with E-state index in [0.29, 0.717) is 28.3 Å². The number of rotatable bonds is 9. The summed E-state index contributed by atoms with van der Waals surface area (Å²) in [7, 11) is 0. The molecule has 3 aromatic rings. The maximum atomic E-state index is 12.9. The van der Waals surface area contributed by atoms with Crippen LogP contribution in [0.4, 0.5) is 13.2 Å². The molecule has 3 rings (SSSR count). The number of carbonyl (C=O) groups is 2. The number of benzene rings is 2. The van der Waals surface area contributed by atoms with E-state index in [1.54, 1.807) is 25.1 Å². The van der Waals surface area contributed by atoms with Crippen LogP contribution in [0.3, 0.4) is 0 Å². The summed E-state index contributed by atoms with van der Waals surface area (Å²) in [4.78, 5) is 29.1. The molecule has 0 radical (unpaired) electrons. The van der Waals surface area contributed by atoms with E-state index in [1.807, 2.05) is 13.8 Å². The first-order chi connectivity index (χ1) is 16.0. The van der Waals surface area contributed by atoms with Crippen LogP contribution in [0.1, 0.15) is 58.2 Å². The van der Waals surface area contributed by atoms with Crippen molar-refractivity contribution in [2.75, 3.05) is 6.61 Å². The van der Waals surface area contributed by atoms with E-state index < -0.39 is 24.3 Å². The molecule has 0 amide bonds. The van der Waals surface area contributed by atoms with Gasteiger partial charge in [0, 0.05) is 22.4 Å². The van der Waals surface area contributed by atoms with Crippen LogP contribution in [0, 0.1) is 6.92 Å². The van der Waals surface area contributed by atoms with Crippen LogP contribution in [-0.2, 0) is 17.4 Å². The van der Waals surface area contributed by atoms with Crippen molar-refractivity contribution < 1.29 is 32.6 Å². The van der Waals surface area contributed by atoms with Crippen molar-refractivity contribution in [2.24, 2.45) is 0 Å². The highest BCUT2D eigenvalue weighted by atomic mass is 32.1. The van der Waals surface area contributed by atoms with Gasteiger partial charge >= 0.3 is 12.1 Å². The van der Waals surface area contributed by atoms with Gasteiger partial charge in [-0.2, -0.15) is 13.2 Å². The fraction of sp³-hybridized carbons (Fsp3) is 0.320. The highest BCUT2D eigenvalue weighted by Gasteiger charge is 2.30. The number of carboxylic acid groups (broad SMARTS) is 1. The standard InChI is InChI=1S/C25H24F3NO4S/c1-14(2)23-21(34-24(29-23)16-6-8-18(9-7-16)25(26,27)28)11-10-19(30)17-5-4-15(3)20(12-17)33-13-22(31)32/h4-9,12,14H,10-11,13H2,1-3H3,(H,31,32). The summed E-state index contributed by atoms with van der Waals surface area (Å²) in [6, 6.07) is 9.82. The van der Waals surface area contributed by atoms with Crippen molar-refractivity contribution in [1.82, 2.24) is 4.98 Å². The molecule has 0 spiro atoms. The number of carboxylic acids is 1. The second-order valence-corrected chi connectivity index (χ2v) is 9.23. The van der Waals surface area contributed by atoms with Gasteiger partial charge in [-0.05, 0) is 43.0 Å². The fourth-order valence-electron chi connectivity index (χ4n) is 3.36. The first-order valence-corrected chi connectivity index (χ1v) is 11.4. The molecule has 5 nitrogen and oxygen atoms in total. The number of ether oxygens (including phenoxy) is 1. The lowest BCUT2D eigenvalue weighted by Gasteiger charge is -2.09. The SMILES string of the molecule is Cc1ccc(C(=O)CCc2sc(-c3ccc(C(F)(F)F)cc3)nc2C(C)C)cc1OCC(=O)O. The molecule has 0 atom stereocenters. The summed E-state index contributed by atoms with van der Waals surface area (Å²) < 4.78 is 43.8. The summed E-state index contributed by atoms with van der Waals surface area (Å²) in [6.45, 7) is 5.22. The number of hydrogen-bond donors (Lipinski definition) is 1. The third kappa shape index (κ3) is 6.22. The molecule has 0 aliphatic heterocycles. The molecule has 1 heterocycles. The van der Waals surface area contributed by atoms with Gasteiger partial charge in [0.05, 0.1) is 11.3 Å². The Morgan fingerprint density at radius 3 is 2.38 bits per heavy atom. The Bertz CT molecular complexity index is 1180. The number of aliphatic carboxylic acids is 1. The lowest BCUT2D eigenvalue weighted by Crippen LogP contribution is -2.11. The monoisotopic (exact) mass is 491 g/mol. The third-order valence-electron chi connectivity index (χ3n) is 5.17. The second-order valence-electron chi connectivity index (χ2n) is 8.14. The van der Waals surface area contributed by atoms with Gasteiger partial charge in [-0.1, -0.05) is 38.1 Å². The molecular formula is C25H24F3NO4S. The van der Waals surface area contributed by atoms with Crippen molar-refractivity contribution in [2.45, 2.75) is 45.7 Å². The predicted molar refractivity (Wildman–Crippen MR) is 124 cm³/mol. The minimum absolute atomic E-state index is 0.0833. The Kier molecular flexibility index (Phi) is 7.76. The molecule has 0 aliphatic rings. The number of ketones is 1. The summed E-state index contributed by atoms with van der Waals surface area (Å²) in [5.41, 5.74) is 1.85. The Morgan fingerprint density at radius 2 is 1.79 bits per heavy atom. The number of carbonyl (C=O) groups excluding carboxylic acids is 1. The maximum Gasteiger partial charge on any atom is 0.416 e. The lowest BCUT2D eigenvalue weighted by atomic mass is 10.0. The zero-order chi connectivity index (χ0) is 25.0. The first-order valence-electron chi connectivity index (χ1n) is 10.6. The maximum absolute atomic E-state index is 12.9. The Hall–Kier alpha value is -3.20. The van der Waals surface area contributed by atoms with Crippen LogP contribution >= 0.6 is 11.3 Å². The van der Waals surface area contributed by atoms with E-state index in [0.717, 1.165) is 28.3 Å². The largest absolute Gasteiger partial charge is 0.482 e. The molecule has 0 fully saturated rings. The summed E-state index contributed by atoms with van der Waals surface area (Å²) in [6.07, 6.45) is -3.76. The minimum atomic E-state index is -4.40. The van der Waals surface area contributed by atoms with Gasteiger partial charge in [0.2, 0.25) is 0 Å². The predicted octanol–water partition coefficient (Wildman–Crippen LogP) is 6.54. The molecule has 0 saturated carbocycles. The van der Waals surface area contributed by atoms with Crippen molar-refractivity contribution in [3.05, 3.63) is 69.7 Å². The smallest absolute Gasteiger partial charge is 0.416 e. The summed E-state index contributed by atoms with van der Waals surface area (Å²) >= 11 is 1.37. The number of Topliss-reactive ketones (excluding diaryl/α,β-unsaturated/α-hetero) is 1. The van der Waals surface area contributed by atoms with Gasteiger partial charge in [-0.3, -0.25) is 4.79 Å². The van der Waals surface area contributed by atoms with Crippen molar-refractivity contribution in [3.8, 4) is 16.3 Å². The Morgan fingerprint density at radius 1 is 1.12 bits per heavy atom. The lowest BCUT2D eigenvalue weighted by molar-refractivity contribution is -0.139. The summed E-state index contributed by atoms with van der Waals surface area (Å²) in [5, 5.41) is 9.42. The number of hydrogen-bond acceptors (Lipinski definition) is 5. The van der Waals surface area contributed by atoms with E-state index in [4.69, 9.17) is 9.84 Å². The highest BCUT2D eigenvalue weighted by Crippen LogP contribution is 2.35. The van der Waals surface area contributed by atoms with Gasteiger partial charge in [0.25, 0.3) is 0 Å². The molecular weight excluding hydrogens is 467 g/mol. The topological polar surface area (TPSA) is 76.5 Å². The molecule has 0 aliphatic carbocycles. The van der Waals surface area contributed by atoms with Gasteiger partial charge in [-0.25, -0.2) is 9.78 Å². The van der Waals surface area contributed by atoms with Gasteiger partial charge in [0.15, 0.2) is 12.4 Å². The van der Waals surface area contributed by atoms with Crippen LogP contribution in [0.15, 0.2) is 42.5 Å². The molecule has 0 unspecified atom stereocenters. The zero-order valence-electron chi connectivity index (χ0n) is 18.9. The van der Waals surface area contributed by atoms with E-state index in [1.165, 1.54) is 23.5 Å². The fourth-order valence-corrected chi connectivity index (χ4v) is 4.58. The molecule has 1 aromatic heterocycles. The minimum Gasteiger partial charge on any atom is -0.482 e. The van der Waals surface area contributed by atoms with E-state index in [2.05, 4.69) is 4.98 Å². The summed E-state index contributed by atoms with van der Waals surface area (Å²) in [5.74, 6) is -0.802. The van der Waals surface area contributed by atoms with E-state index in [9.17, 15) is 22.8 Å². The number of aromatic nitrogens is 1. The second kappa shape index (κ2) is 10.4. The average Bonchev–Trinajstić information content (AvgIpc) is 3.21. The Balaban J connectivity index is 1.77. The number of alkyl halides is 3. The number of aryl methyl sites for hydroxylation is 2. The van der Waals surface area contributed by atoms with Crippen molar-refractivity contribution >= 4 is 23.1 Å². The quantitative estimate of drug-likeness (QED) is 0.344. The van der Waals surface area contributed by atoms with Gasteiger partial charge in [-0.15, -0.1) is 11.3 Å². The third-order valence-corrected chi connectivity index (χ3v) is 6.35. The molecule has 2 aromatic carbocycles. The van der Waals surface area contributed by atoms with Gasteiger partial charge in [0.1, 0.15) is 10.8 Å². The Labute approximate surface area is 199 Å². The zero-order valence-corrected chi connectivity index (χ0v) is 19.7. The first kappa shape index (κ1) is 25.4. The van der Waals surface area contributed by atoms with Crippen LogP contribution in [-0.4, -0.2) is 28.4 Å². The number of nitrogens with zero attached hydrogens (tertiary/aromatic N) is 1. The number of thiazole rings is 1. The van der Waals surface area contributed by atoms with Crippen molar-refractivity contribution in [1.29, 1.82) is 0 Å². The van der Waals surface area contributed by atoms with Crippen LogP contribution in [0.25, 0.3) is 10.6 Å². The molecule has 9 heteroatoms. The van der Waals surface area contributed by atoms with Crippen molar-refractivity contribution in [3.63, 3.8) is 0 Å². The van der Waals surface area contributed by atoms with E-state index in [-0.39, 0.29) is 18.1 Å². The van der Waals surface area contributed by atoms with Gasteiger partial charge < -0.3 is 9.84 Å². The normalized spacial score (nSPS) is 11.6.